The minimum Gasteiger partial charge on any atom is -0.491 e. The van der Waals surface area contributed by atoms with Gasteiger partial charge in [0.15, 0.2) is 5.75 Å². The molecule has 7 heteroatoms. The van der Waals surface area contributed by atoms with Gasteiger partial charge in [-0.2, -0.15) is 10.2 Å². The van der Waals surface area contributed by atoms with Crippen molar-refractivity contribution >= 4 is 11.9 Å². The molecule has 1 aliphatic rings. The van der Waals surface area contributed by atoms with Crippen molar-refractivity contribution in [1.82, 2.24) is 14.8 Å². The lowest BCUT2D eigenvalue weighted by Gasteiger charge is -2.23. The number of nitrogens with zero attached hydrogens (tertiary/aromatic N) is 5. The van der Waals surface area contributed by atoms with E-state index in [9.17, 15) is 4.79 Å². The van der Waals surface area contributed by atoms with Crippen molar-refractivity contribution in [1.29, 1.82) is 0 Å². The van der Waals surface area contributed by atoms with Crippen molar-refractivity contribution in [3.8, 4) is 11.4 Å². The number of ether oxygens (including phenoxy) is 1. The Morgan fingerprint density at radius 2 is 1.92 bits per heavy atom. The van der Waals surface area contributed by atoms with E-state index in [1.165, 1.54) is 7.11 Å². The van der Waals surface area contributed by atoms with E-state index in [0.717, 1.165) is 11.4 Å². The number of anilines is 1. The second-order valence-electron chi connectivity index (χ2n) is 5.80. The van der Waals surface area contributed by atoms with Gasteiger partial charge < -0.3 is 4.74 Å². The summed E-state index contributed by atoms with van der Waals surface area (Å²) in [6, 6.07) is 13.1. The van der Waals surface area contributed by atoms with E-state index in [1.807, 2.05) is 47.5 Å². The van der Waals surface area contributed by atoms with E-state index in [-0.39, 0.29) is 17.2 Å². The molecule has 1 aliphatic heterocycles. The molecule has 0 saturated carbocycles. The van der Waals surface area contributed by atoms with Crippen molar-refractivity contribution in [3.05, 3.63) is 77.0 Å². The summed E-state index contributed by atoms with van der Waals surface area (Å²) in [5.41, 5.74) is 1.80. The van der Waals surface area contributed by atoms with Gasteiger partial charge in [0.2, 0.25) is 5.43 Å². The molecule has 2 aromatic heterocycles. The molecular weight excluding hydrogens is 330 g/mol. The highest BCUT2D eigenvalue weighted by molar-refractivity contribution is 5.67. The number of methoxy groups -OCH3 is 1. The van der Waals surface area contributed by atoms with Crippen LogP contribution < -0.4 is 15.2 Å². The highest BCUT2D eigenvalue weighted by Crippen LogP contribution is 2.31. The number of hydrogen-bond acceptors (Lipinski definition) is 6. The standard InChI is InChI=1S/C19H17N5O2/c1-26-17-13-23(15-8-5-10-20-12-15)22-18(19(17)25)16-9-11-21-24(16)14-6-3-2-4-7-14/h2-8,10-13,16H,9H2,1H3. The molecule has 0 fully saturated rings. The predicted molar refractivity (Wildman–Crippen MR) is 99.0 cm³/mol. The molecule has 1 aromatic carbocycles. The summed E-state index contributed by atoms with van der Waals surface area (Å²) in [5.74, 6) is 0.235. The number of pyridine rings is 1. The number of para-hydroxylation sites is 1. The normalized spacial score (nSPS) is 16.0. The largest absolute Gasteiger partial charge is 0.491 e. The van der Waals surface area contributed by atoms with Crippen LogP contribution in [0.25, 0.3) is 5.69 Å². The fourth-order valence-corrected chi connectivity index (χ4v) is 2.94. The Labute approximate surface area is 150 Å². The fraction of sp³-hybridized carbons (Fsp3) is 0.158. The van der Waals surface area contributed by atoms with Crippen LogP contribution in [0.4, 0.5) is 5.69 Å². The summed E-state index contributed by atoms with van der Waals surface area (Å²) in [7, 11) is 1.48. The van der Waals surface area contributed by atoms with E-state index in [0.29, 0.717) is 12.1 Å². The van der Waals surface area contributed by atoms with Gasteiger partial charge in [0.1, 0.15) is 11.7 Å². The van der Waals surface area contributed by atoms with Gasteiger partial charge in [-0.05, 0) is 24.3 Å². The molecule has 0 spiro atoms. The Kier molecular flexibility index (Phi) is 4.18. The van der Waals surface area contributed by atoms with Gasteiger partial charge in [-0.25, -0.2) is 4.68 Å². The van der Waals surface area contributed by atoms with E-state index < -0.39 is 0 Å². The molecule has 7 nitrogen and oxygen atoms in total. The second kappa shape index (κ2) is 6.79. The van der Waals surface area contributed by atoms with Crippen molar-refractivity contribution < 1.29 is 4.74 Å². The summed E-state index contributed by atoms with van der Waals surface area (Å²) in [6.45, 7) is 0. The highest BCUT2D eigenvalue weighted by Gasteiger charge is 2.29. The zero-order valence-electron chi connectivity index (χ0n) is 14.2. The first-order valence-corrected chi connectivity index (χ1v) is 8.23. The van der Waals surface area contributed by atoms with Crippen molar-refractivity contribution in [2.75, 3.05) is 12.1 Å². The molecule has 0 bridgehead atoms. The van der Waals surface area contributed by atoms with Crippen LogP contribution in [0, 0.1) is 0 Å². The number of benzene rings is 1. The number of rotatable bonds is 4. The van der Waals surface area contributed by atoms with Crippen LogP contribution >= 0.6 is 0 Å². The van der Waals surface area contributed by atoms with Crippen LogP contribution in [0.2, 0.25) is 0 Å². The molecule has 0 radical (unpaired) electrons. The predicted octanol–water partition coefficient (Wildman–Crippen LogP) is 2.57. The lowest BCUT2D eigenvalue weighted by Crippen LogP contribution is -2.28. The van der Waals surface area contributed by atoms with Crippen LogP contribution in [-0.4, -0.2) is 28.1 Å². The lowest BCUT2D eigenvalue weighted by molar-refractivity contribution is 0.402. The smallest absolute Gasteiger partial charge is 0.247 e. The van der Waals surface area contributed by atoms with Gasteiger partial charge in [-0.1, -0.05) is 18.2 Å². The van der Waals surface area contributed by atoms with Crippen LogP contribution in [-0.2, 0) is 0 Å². The van der Waals surface area contributed by atoms with Gasteiger partial charge in [0, 0.05) is 18.8 Å². The van der Waals surface area contributed by atoms with Gasteiger partial charge in [0.25, 0.3) is 0 Å². The summed E-state index contributed by atoms with van der Waals surface area (Å²) < 4.78 is 6.91. The molecular formula is C19H17N5O2. The van der Waals surface area contributed by atoms with Crippen LogP contribution in [0.3, 0.4) is 0 Å². The van der Waals surface area contributed by atoms with Crippen LogP contribution in [0.15, 0.2) is 71.0 Å². The first-order chi connectivity index (χ1) is 12.8. The Bertz CT molecular complexity index is 986. The third kappa shape index (κ3) is 2.83. The van der Waals surface area contributed by atoms with Crippen LogP contribution in [0.5, 0.6) is 5.75 Å². The molecule has 0 amide bonds. The van der Waals surface area contributed by atoms with E-state index in [4.69, 9.17) is 4.74 Å². The molecule has 1 atom stereocenters. The Morgan fingerprint density at radius 3 is 2.65 bits per heavy atom. The zero-order chi connectivity index (χ0) is 17.9. The molecule has 4 rings (SSSR count). The summed E-state index contributed by atoms with van der Waals surface area (Å²) >= 11 is 0. The van der Waals surface area contributed by atoms with E-state index in [1.54, 1.807) is 29.5 Å². The molecule has 0 N–H and O–H groups in total. The quantitative estimate of drug-likeness (QED) is 0.725. The maximum Gasteiger partial charge on any atom is 0.247 e. The van der Waals surface area contributed by atoms with Gasteiger partial charge in [0.05, 0.1) is 30.9 Å². The van der Waals surface area contributed by atoms with E-state index in [2.05, 4.69) is 15.2 Å². The molecule has 3 aromatic rings. The fourth-order valence-electron chi connectivity index (χ4n) is 2.94. The third-order valence-corrected chi connectivity index (χ3v) is 4.21. The Morgan fingerprint density at radius 1 is 1.12 bits per heavy atom. The van der Waals surface area contributed by atoms with Crippen molar-refractivity contribution in [2.24, 2.45) is 5.10 Å². The maximum atomic E-state index is 12.8. The third-order valence-electron chi connectivity index (χ3n) is 4.21. The summed E-state index contributed by atoms with van der Waals surface area (Å²) in [6.07, 6.45) is 7.34. The minimum atomic E-state index is -0.289. The first-order valence-electron chi connectivity index (χ1n) is 8.23. The average Bonchev–Trinajstić information content (AvgIpc) is 3.19. The summed E-state index contributed by atoms with van der Waals surface area (Å²) in [4.78, 5) is 17.0. The number of hydrazone groups is 1. The zero-order valence-corrected chi connectivity index (χ0v) is 14.2. The van der Waals surface area contributed by atoms with Crippen LogP contribution in [0.1, 0.15) is 18.2 Å². The number of hydrogen-bond donors (Lipinski definition) is 0. The monoisotopic (exact) mass is 347 g/mol. The molecule has 3 heterocycles. The first kappa shape index (κ1) is 16.0. The second-order valence-corrected chi connectivity index (χ2v) is 5.80. The number of aromatic nitrogens is 3. The molecule has 1 unspecified atom stereocenters. The highest BCUT2D eigenvalue weighted by atomic mass is 16.5. The van der Waals surface area contributed by atoms with Crippen molar-refractivity contribution in [2.45, 2.75) is 12.5 Å². The summed E-state index contributed by atoms with van der Waals surface area (Å²) in [5, 5.41) is 10.8. The lowest BCUT2D eigenvalue weighted by atomic mass is 10.1. The topological polar surface area (TPSA) is 72.6 Å². The Hall–Kier alpha value is -3.48. The molecule has 0 saturated heterocycles. The van der Waals surface area contributed by atoms with Gasteiger partial charge in [-0.15, -0.1) is 0 Å². The minimum absolute atomic E-state index is 0.232. The van der Waals surface area contributed by atoms with Gasteiger partial charge >= 0.3 is 0 Å². The van der Waals surface area contributed by atoms with E-state index >= 15 is 0 Å². The molecule has 130 valence electrons. The van der Waals surface area contributed by atoms with Gasteiger partial charge in [-0.3, -0.25) is 14.8 Å². The average molecular weight is 347 g/mol. The SMILES string of the molecule is COc1cn(-c2cccnc2)nc(C2CC=NN2c2ccccc2)c1=O. The Balaban J connectivity index is 1.82. The maximum absolute atomic E-state index is 12.8. The van der Waals surface area contributed by atoms with Crippen molar-refractivity contribution in [3.63, 3.8) is 0 Å². The molecule has 26 heavy (non-hydrogen) atoms. The molecule has 0 aliphatic carbocycles.